The van der Waals surface area contributed by atoms with Crippen molar-refractivity contribution in [1.29, 1.82) is 0 Å². The topological polar surface area (TPSA) is 17.1 Å². The predicted octanol–water partition coefficient (Wildman–Crippen LogP) is 2.06. The molecule has 0 saturated heterocycles. The first-order valence-electron chi connectivity index (χ1n) is 2.90. The number of alkyl halides is 1. The quantitative estimate of drug-likeness (QED) is 0.525. The summed E-state index contributed by atoms with van der Waals surface area (Å²) >= 11 is 3.09. The molecular formula is C8H6BrO. The Morgan fingerprint density at radius 2 is 2.50 bits per heavy atom. The number of carbonyl (C=O) groups excluding carboxylic acids is 1. The lowest BCUT2D eigenvalue weighted by Gasteiger charge is -1.92. The molecule has 0 atom stereocenters. The number of ketones is 1. The third-order valence-corrected chi connectivity index (χ3v) is 1.66. The zero-order valence-electron chi connectivity index (χ0n) is 5.30. The van der Waals surface area contributed by atoms with Gasteiger partial charge >= 0.3 is 0 Å². The molecule has 0 spiro atoms. The fraction of sp³-hybridized carbons (Fsp3) is 0.125. The van der Waals surface area contributed by atoms with Crippen LogP contribution in [0.2, 0.25) is 0 Å². The number of benzene rings is 1. The van der Waals surface area contributed by atoms with Crippen molar-refractivity contribution in [2.45, 2.75) is 0 Å². The predicted molar refractivity (Wildman–Crippen MR) is 43.4 cm³/mol. The Balaban J connectivity index is 2.85. The molecule has 2 heteroatoms. The van der Waals surface area contributed by atoms with Gasteiger partial charge in [0.15, 0.2) is 5.78 Å². The second-order valence-electron chi connectivity index (χ2n) is 1.85. The molecule has 1 aromatic carbocycles. The largest absolute Gasteiger partial charge is 0.293 e. The maximum absolute atomic E-state index is 10.9. The molecule has 0 unspecified atom stereocenters. The molecule has 0 fully saturated rings. The van der Waals surface area contributed by atoms with Crippen molar-refractivity contribution in [1.82, 2.24) is 0 Å². The average Bonchev–Trinajstić information content (AvgIpc) is 2.05. The molecule has 0 saturated carbocycles. The fourth-order valence-electron chi connectivity index (χ4n) is 0.644. The fourth-order valence-corrected chi connectivity index (χ4v) is 0.968. The zero-order chi connectivity index (χ0) is 7.40. The number of Topliss-reactive ketones (excluding diaryl/α,β-unsaturated/α-hetero) is 1. The van der Waals surface area contributed by atoms with Crippen LogP contribution in [-0.4, -0.2) is 11.1 Å². The summed E-state index contributed by atoms with van der Waals surface area (Å²) in [5, 5.41) is 0.380. The van der Waals surface area contributed by atoms with Crippen molar-refractivity contribution in [3.05, 3.63) is 35.9 Å². The van der Waals surface area contributed by atoms with Crippen LogP contribution in [0, 0.1) is 6.07 Å². The minimum atomic E-state index is 0.0943. The van der Waals surface area contributed by atoms with Gasteiger partial charge in [-0.15, -0.1) is 0 Å². The van der Waals surface area contributed by atoms with Crippen LogP contribution in [-0.2, 0) is 0 Å². The van der Waals surface area contributed by atoms with Gasteiger partial charge < -0.3 is 0 Å². The van der Waals surface area contributed by atoms with Crippen molar-refractivity contribution >= 4 is 21.7 Å². The van der Waals surface area contributed by atoms with Crippen LogP contribution in [0.3, 0.4) is 0 Å². The summed E-state index contributed by atoms with van der Waals surface area (Å²) < 4.78 is 0. The molecule has 0 aliphatic heterocycles. The second-order valence-corrected chi connectivity index (χ2v) is 2.41. The van der Waals surface area contributed by atoms with Crippen molar-refractivity contribution in [2.24, 2.45) is 0 Å². The van der Waals surface area contributed by atoms with E-state index in [4.69, 9.17) is 0 Å². The first kappa shape index (κ1) is 7.48. The molecule has 0 bridgehead atoms. The van der Waals surface area contributed by atoms with Gasteiger partial charge in [0.05, 0.1) is 5.33 Å². The minimum absolute atomic E-state index is 0.0943. The molecule has 51 valence electrons. The zero-order valence-corrected chi connectivity index (χ0v) is 6.89. The molecule has 0 amide bonds. The Kier molecular flexibility index (Phi) is 2.63. The molecule has 0 N–H and O–H groups in total. The maximum Gasteiger partial charge on any atom is 0.173 e. The van der Waals surface area contributed by atoms with Gasteiger partial charge in [-0.25, -0.2) is 0 Å². The summed E-state index contributed by atoms with van der Waals surface area (Å²) in [6, 6.07) is 9.87. The number of hydrogen-bond acceptors (Lipinski definition) is 1. The van der Waals surface area contributed by atoms with Crippen LogP contribution in [0.4, 0.5) is 0 Å². The smallest absolute Gasteiger partial charge is 0.173 e. The lowest BCUT2D eigenvalue weighted by molar-refractivity contribution is 0.102. The Morgan fingerprint density at radius 1 is 1.70 bits per heavy atom. The number of halogens is 1. The van der Waals surface area contributed by atoms with Gasteiger partial charge in [-0.05, 0) is 12.1 Å². The monoisotopic (exact) mass is 197 g/mol. The Morgan fingerprint density at radius 3 is 3.00 bits per heavy atom. The molecule has 10 heavy (non-hydrogen) atoms. The van der Waals surface area contributed by atoms with Gasteiger partial charge in [0, 0.05) is 5.56 Å². The van der Waals surface area contributed by atoms with E-state index in [1.807, 2.05) is 0 Å². The highest BCUT2D eigenvalue weighted by Crippen LogP contribution is 2.00. The van der Waals surface area contributed by atoms with E-state index in [9.17, 15) is 4.79 Å². The molecule has 0 aliphatic carbocycles. The molecule has 0 aromatic heterocycles. The van der Waals surface area contributed by atoms with Crippen molar-refractivity contribution in [3.8, 4) is 0 Å². The first-order valence-corrected chi connectivity index (χ1v) is 4.02. The first-order chi connectivity index (χ1) is 4.84. The van der Waals surface area contributed by atoms with Gasteiger partial charge in [0.1, 0.15) is 0 Å². The Hall–Kier alpha value is -0.630. The SMILES string of the molecule is O=C(CBr)c1c[c]ccc1. The normalized spacial score (nSPS) is 9.30. The van der Waals surface area contributed by atoms with Crippen LogP contribution >= 0.6 is 15.9 Å². The lowest BCUT2D eigenvalue weighted by Crippen LogP contribution is -1.98. The summed E-state index contributed by atoms with van der Waals surface area (Å²) in [5.41, 5.74) is 0.708. The highest BCUT2D eigenvalue weighted by atomic mass is 79.9. The summed E-state index contributed by atoms with van der Waals surface area (Å²) in [6.07, 6.45) is 0. The van der Waals surface area contributed by atoms with Crippen molar-refractivity contribution in [2.75, 3.05) is 5.33 Å². The number of hydrogen-bond donors (Lipinski definition) is 0. The average molecular weight is 198 g/mol. The van der Waals surface area contributed by atoms with Gasteiger partial charge in [-0.1, -0.05) is 34.1 Å². The van der Waals surface area contributed by atoms with Gasteiger partial charge in [-0.2, -0.15) is 0 Å². The van der Waals surface area contributed by atoms with Crippen molar-refractivity contribution in [3.63, 3.8) is 0 Å². The highest BCUT2D eigenvalue weighted by Gasteiger charge is 1.99. The molecule has 1 nitrogen and oxygen atoms in total. The standard InChI is InChI=1S/C8H6BrO/c9-6-8(10)7-4-2-1-3-5-7/h1-2,4-5H,6H2. The Labute approximate surface area is 68.2 Å². The van der Waals surface area contributed by atoms with E-state index in [1.54, 1.807) is 24.3 Å². The molecule has 0 heterocycles. The van der Waals surface area contributed by atoms with E-state index in [2.05, 4.69) is 22.0 Å². The van der Waals surface area contributed by atoms with Gasteiger partial charge in [-0.3, -0.25) is 4.79 Å². The third kappa shape index (κ3) is 1.67. The number of rotatable bonds is 2. The molecule has 1 aromatic rings. The minimum Gasteiger partial charge on any atom is -0.293 e. The molecule has 0 aliphatic rings. The van der Waals surface area contributed by atoms with E-state index in [0.717, 1.165) is 0 Å². The highest BCUT2D eigenvalue weighted by molar-refractivity contribution is 9.09. The van der Waals surface area contributed by atoms with E-state index in [-0.39, 0.29) is 5.78 Å². The molecule has 1 radical (unpaired) electrons. The maximum atomic E-state index is 10.9. The second kappa shape index (κ2) is 3.52. The van der Waals surface area contributed by atoms with E-state index in [1.165, 1.54) is 0 Å². The van der Waals surface area contributed by atoms with E-state index >= 15 is 0 Å². The van der Waals surface area contributed by atoms with Gasteiger partial charge in [0.2, 0.25) is 0 Å². The van der Waals surface area contributed by atoms with Crippen LogP contribution in [0.25, 0.3) is 0 Å². The summed E-state index contributed by atoms with van der Waals surface area (Å²) in [5.74, 6) is 0.0943. The number of carbonyl (C=O) groups is 1. The molecular weight excluding hydrogens is 192 g/mol. The lowest BCUT2D eigenvalue weighted by atomic mass is 10.2. The van der Waals surface area contributed by atoms with Crippen LogP contribution in [0.1, 0.15) is 10.4 Å². The van der Waals surface area contributed by atoms with Crippen LogP contribution in [0.15, 0.2) is 24.3 Å². The summed E-state index contributed by atoms with van der Waals surface area (Å²) in [6.45, 7) is 0. The summed E-state index contributed by atoms with van der Waals surface area (Å²) in [7, 11) is 0. The van der Waals surface area contributed by atoms with E-state index in [0.29, 0.717) is 10.9 Å². The third-order valence-electron chi connectivity index (χ3n) is 1.15. The summed E-state index contributed by atoms with van der Waals surface area (Å²) in [4.78, 5) is 10.9. The Bertz CT molecular complexity index is 218. The van der Waals surface area contributed by atoms with Crippen molar-refractivity contribution < 1.29 is 4.79 Å². The molecule has 1 rings (SSSR count). The van der Waals surface area contributed by atoms with Gasteiger partial charge in [0.25, 0.3) is 0 Å². The van der Waals surface area contributed by atoms with Crippen LogP contribution < -0.4 is 0 Å². The van der Waals surface area contributed by atoms with E-state index < -0.39 is 0 Å². The van der Waals surface area contributed by atoms with Crippen LogP contribution in [0.5, 0.6) is 0 Å².